The molecule has 0 aromatic heterocycles. The van der Waals surface area contributed by atoms with Gasteiger partial charge in [0.25, 0.3) is 5.91 Å². The first-order valence-electron chi connectivity index (χ1n) is 12.8. The molecule has 3 aromatic rings. The largest absolute Gasteiger partial charge is 0.371 e. The van der Waals surface area contributed by atoms with Crippen LogP contribution in [0.3, 0.4) is 0 Å². The van der Waals surface area contributed by atoms with E-state index in [1.165, 1.54) is 17.5 Å². The van der Waals surface area contributed by atoms with Crippen molar-refractivity contribution in [2.75, 3.05) is 29.9 Å². The van der Waals surface area contributed by atoms with E-state index >= 15 is 0 Å². The number of carbonyl (C=O) groups excluding carboxylic acids is 2. The number of hydrogen-bond donors (Lipinski definition) is 2. The maximum absolute atomic E-state index is 13.3. The van der Waals surface area contributed by atoms with Crippen molar-refractivity contribution in [2.45, 2.75) is 38.0 Å². The summed E-state index contributed by atoms with van der Waals surface area (Å²) in [4.78, 5) is 28.5. The predicted molar refractivity (Wildman–Crippen MR) is 141 cm³/mol. The van der Waals surface area contributed by atoms with Crippen LogP contribution >= 0.6 is 0 Å². The minimum absolute atomic E-state index is 0.0117. The Morgan fingerprint density at radius 2 is 1.57 bits per heavy atom. The Morgan fingerprint density at radius 3 is 2.31 bits per heavy atom. The third kappa shape index (κ3) is 5.73. The number of piperidine rings is 1. The number of nitrogens with zero attached hydrogens (tertiary/aromatic N) is 1. The lowest BCUT2D eigenvalue weighted by atomic mass is 10.1. The van der Waals surface area contributed by atoms with Gasteiger partial charge in [0.2, 0.25) is 5.91 Å². The molecule has 0 spiro atoms. The molecule has 1 aliphatic carbocycles. The van der Waals surface area contributed by atoms with E-state index in [1.54, 1.807) is 0 Å². The zero-order valence-corrected chi connectivity index (χ0v) is 20.1. The van der Waals surface area contributed by atoms with Crippen molar-refractivity contribution in [3.63, 3.8) is 0 Å². The van der Waals surface area contributed by atoms with Gasteiger partial charge in [-0.3, -0.25) is 9.59 Å². The number of nitrogens with one attached hydrogen (secondary N) is 2. The van der Waals surface area contributed by atoms with Gasteiger partial charge in [-0.15, -0.1) is 0 Å². The highest BCUT2D eigenvalue weighted by Crippen LogP contribution is 2.48. The summed E-state index contributed by atoms with van der Waals surface area (Å²) < 4.78 is 0. The Morgan fingerprint density at radius 1 is 0.857 bits per heavy atom. The van der Waals surface area contributed by atoms with Crippen LogP contribution < -0.4 is 15.5 Å². The Hall–Kier alpha value is -3.60. The highest BCUT2D eigenvalue weighted by molar-refractivity contribution is 6.02. The van der Waals surface area contributed by atoms with Crippen LogP contribution in [-0.2, 0) is 11.2 Å². The summed E-state index contributed by atoms with van der Waals surface area (Å²) in [6.45, 7) is 2.48. The Labute approximate surface area is 207 Å². The van der Waals surface area contributed by atoms with E-state index in [1.807, 2.05) is 54.6 Å². The second-order valence-electron chi connectivity index (χ2n) is 9.62. The number of hydrogen-bond acceptors (Lipinski definition) is 3. The van der Waals surface area contributed by atoms with E-state index in [2.05, 4.69) is 39.8 Å². The van der Waals surface area contributed by atoms with Crippen molar-refractivity contribution in [3.05, 3.63) is 95.6 Å². The van der Waals surface area contributed by atoms with Gasteiger partial charge in [0.1, 0.15) is 0 Å². The molecule has 2 N–H and O–H groups in total. The first kappa shape index (κ1) is 23.2. The second kappa shape index (κ2) is 10.8. The summed E-state index contributed by atoms with van der Waals surface area (Å²) in [6.07, 6.45) is 5.15. The maximum atomic E-state index is 13.3. The summed E-state index contributed by atoms with van der Waals surface area (Å²) in [5.41, 5.74) is 4.68. The van der Waals surface area contributed by atoms with E-state index in [0.29, 0.717) is 17.8 Å². The van der Waals surface area contributed by atoms with E-state index in [9.17, 15) is 9.59 Å². The van der Waals surface area contributed by atoms with Gasteiger partial charge >= 0.3 is 0 Å². The van der Waals surface area contributed by atoms with Gasteiger partial charge in [0.15, 0.2) is 0 Å². The molecule has 35 heavy (non-hydrogen) atoms. The molecule has 5 rings (SSSR count). The van der Waals surface area contributed by atoms with Gasteiger partial charge in [-0.25, -0.2) is 0 Å². The molecule has 1 saturated carbocycles. The van der Waals surface area contributed by atoms with Gasteiger partial charge < -0.3 is 15.5 Å². The molecule has 2 atom stereocenters. The molecular formula is C30H33N3O2. The molecule has 2 unspecified atom stereocenters. The fourth-order valence-corrected chi connectivity index (χ4v) is 5.05. The molecule has 3 aromatic carbocycles. The molecule has 5 heteroatoms. The highest BCUT2D eigenvalue weighted by atomic mass is 16.2. The van der Waals surface area contributed by atoms with E-state index in [4.69, 9.17) is 0 Å². The fourth-order valence-electron chi connectivity index (χ4n) is 5.05. The van der Waals surface area contributed by atoms with Gasteiger partial charge in [-0.05, 0) is 67.3 Å². The Balaban J connectivity index is 1.28. The van der Waals surface area contributed by atoms with Crippen molar-refractivity contribution in [1.82, 2.24) is 5.32 Å². The topological polar surface area (TPSA) is 61.4 Å². The van der Waals surface area contributed by atoms with Crippen molar-refractivity contribution in [1.29, 1.82) is 0 Å². The lowest BCUT2D eigenvalue weighted by molar-refractivity contribution is -0.117. The molecule has 2 fully saturated rings. The van der Waals surface area contributed by atoms with Gasteiger partial charge in [0, 0.05) is 36.9 Å². The summed E-state index contributed by atoms with van der Waals surface area (Å²) in [6, 6.07) is 26.1. The minimum Gasteiger partial charge on any atom is -0.371 e. The van der Waals surface area contributed by atoms with Crippen LogP contribution in [0, 0.1) is 5.92 Å². The molecule has 2 aliphatic rings. The zero-order valence-electron chi connectivity index (χ0n) is 20.1. The standard InChI is InChI=1S/C30H33N3O2/c34-29(31-17-16-22-10-4-1-5-11-22)27-20-24(14-15-28(27)33-18-8-3-9-19-33)32-30(35)26-21-25(26)23-12-6-2-7-13-23/h1-2,4-7,10-15,20,25-26H,3,8-9,16-19,21H2,(H,31,34)(H,32,35). The van der Waals surface area contributed by atoms with Crippen molar-refractivity contribution < 1.29 is 9.59 Å². The SMILES string of the molecule is O=C(NCCc1ccccc1)c1cc(NC(=O)C2CC2c2ccccc2)ccc1N1CCCCC1. The van der Waals surface area contributed by atoms with Crippen molar-refractivity contribution in [3.8, 4) is 0 Å². The third-order valence-corrected chi connectivity index (χ3v) is 7.10. The average Bonchev–Trinajstić information content (AvgIpc) is 3.72. The summed E-state index contributed by atoms with van der Waals surface area (Å²) in [5.74, 6) is 0.207. The van der Waals surface area contributed by atoms with Gasteiger partial charge in [-0.2, -0.15) is 0 Å². The average molecular weight is 468 g/mol. The molecule has 180 valence electrons. The highest BCUT2D eigenvalue weighted by Gasteiger charge is 2.43. The molecule has 1 aliphatic heterocycles. The minimum atomic E-state index is -0.0915. The van der Waals surface area contributed by atoms with Crippen molar-refractivity contribution >= 4 is 23.2 Å². The molecule has 1 saturated heterocycles. The number of rotatable bonds is 8. The Bertz CT molecular complexity index is 1160. The monoisotopic (exact) mass is 467 g/mol. The van der Waals surface area contributed by atoms with Gasteiger partial charge in [-0.1, -0.05) is 60.7 Å². The lowest BCUT2D eigenvalue weighted by Gasteiger charge is -2.30. The quantitative estimate of drug-likeness (QED) is 0.467. The first-order valence-corrected chi connectivity index (χ1v) is 12.8. The summed E-state index contributed by atoms with van der Waals surface area (Å²) in [5, 5.41) is 6.17. The maximum Gasteiger partial charge on any atom is 0.253 e. The fraction of sp³-hybridized carbons (Fsp3) is 0.333. The lowest BCUT2D eigenvalue weighted by Crippen LogP contribution is -2.33. The van der Waals surface area contributed by atoms with E-state index < -0.39 is 0 Å². The summed E-state index contributed by atoms with van der Waals surface area (Å²) in [7, 11) is 0. The van der Waals surface area contributed by atoms with Crippen LogP contribution in [0.2, 0.25) is 0 Å². The Kier molecular flexibility index (Phi) is 7.12. The number of carbonyl (C=O) groups is 2. The second-order valence-corrected chi connectivity index (χ2v) is 9.62. The molecule has 1 heterocycles. The van der Waals surface area contributed by atoms with Crippen LogP contribution in [0.15, 0.2) is 78.9 Å². The first-order chi connectivity index (χ1) is 17.2. The smallest absolute Gasteiger partial charge is 0.253 e. The normalized spacial score (nSPS) is 19.1. The zero-order chi connectivity index (χ0) is 24.0. The van der Waals surface area contributed by atoms with E-state index in [-0.39, 0.29) is 23.7 Å². The van der Waals surface area contributed by atoms with Gasteiger partial charge in [0.05, 0.1) is 5.56 Å². The van der Waals surface area contributed by atoms with Crippen LogP contribution in [0.4, 0.5) is 11.4 Å². The number of anilines is 2. The van der Waals surface area contributed by atoms with Crippen LogP contribution in [0.25, 0.3) is 0 Å². The molecule has 0 radical (unpaired) electrons. The van der Waals surface area contributed by atoms with Crippen LogP contribution in [0.5, 0.6) is 0 Å². The van der Waals surface area contributed by atoms with Crippen LogP contribution in [0.1, 0.15) is 53.1 Å². The summed E-state index contributed by atoms with van der Waals surface area (Å²) >= 11 is 0. The van der Waals surface area contributed by atoms with Crippen LogP contribution in [-0.4, -0.2) is 31.4 Å². The van der Waals surface area contributed by atoms with E-state index in [0.717, 1.165) is 44.5 Å². The predicted octanol–water partition coefficient (Wildman–Crippen LogP) is 5.39. The molecule has 2 amide bonds. The molecular weight excluding hydrogens is 434 g/mol. The third-order valence-electron chi connectivity index (χ3n) is 7.10. The number of amides is 2. The molecule has 0 bridgehead atoms. The molecule has 5 nitrogen and oxygen atoms in total. The van der Waals surface area contributed by atoms with Crippen molar-refractivity contribution in [2.24, 2.45) is 5.92 Å². The number of benzene rings is 3.